The number of para-hydroxylation sites is 3. The molecule has 152 valence electrons. The lowest BCUT2D eigenvalue weighted by Gasteiger charge is -2.38. The third kappa shape index (κ3) is 4.78. The molecule has 29 heavy (non-hydrogen) atoms. The van der Waals surface area contributed by atoms with Crippen molar-refractivity contribution in [2.45, 2.75) is 12.0 Å². The van der Waals surface area contributed by atoms with Crippen molar-refractivity contribution in [1.82, 2.24) is 0 Å². The summed E-state index contributed by atoms with van der Waals surface area (Å²) in [7, 11) is -9.68. The molecule has 9 heteroatoms. The van der Waals surface area contributed by atoms with Crippen LogP contribution in [-0.4, -0.2) is 15.1 Å². The first-order valence-corrected chi connectivity index (χ1v) is 11.7. The van der Waals surface area contributed by atoms with Gasteiger partial charge >= 0.3 is 20.6 Å². The minimum absolute atomic E-state index is 0.0181. The lowest BCUT2D eigenvalue weighted by molar-refractivity contribution is -0.215. The quantitative estimate of drug-likeness (QED) is 0.512. The highest BCUT2D eigenvalue weighted by atomic mass is 31.3. The number of hydrogen-bond donors (Lipinski definition) is 2. The second kappa shape index (κ2) is 8.54. The summed E-state index contributed by atoms with van der Waals surface area (Å²) in [6.45, 7) is 0.892. The van der Waals surface area contributed by atoms with Crippen molar-refractivity contribution in [2.75, 3.05) is 0 Å². The van der Waals surface area contributed by atoms with Gasteiger partial charge in [0.15, 0.2) is 11.5 Å². The number of rotatable bonds is 8. The lowest BCUT2D eigenvalue weighted by Crippen LogP contribution is -2.41. The average molecular weight is 434 g/mol. The van der Waals surface area contributed by atoms with E-state index in [1.807, 2.05) is 0 Å². The molecule has 7 nitrogen and oxygen atoms in total. The predicted molar refractivity (Wildman–Crippen MR) is 109 cm³/mol. The van der Waals surface area contributed by atoms with Gasteiger partial charge in [-0.05, 0) is 36.4 Å². The fraction of sp³-hybridized carbons (Fsp3) is 0.100. The SMILES string of the molecule is CC(O)(P(=O)(O)Oc1ccccc1)[P+]([O-])(Oc1ccccc1)Oc1ccccc1. The molecule has 0 aromatic heterocycles. The van der Waals surface area contributed by atoms with Crippen molar-refractivity contribution in [2.24, 2.45) is 0 Å². The fourth-order valence-electron chi connectivity index (χ4n) is 2.30. The Balaban J connectivity index is 1.99. The van der Waals surface area contributed by atoms with Gasteiger partial charge in [-0.15, -0.1) is 0 Å². The van der Waals surface area contributed by atoms with Crippen LogP contribution in [0.15, 0.2) is 91.0 Å². The van der Waals surface area contributed by atoms with Crippen LogP contribution in [0.5, 0.6) is 17.2 Å². The van der Waals surface area contributed by atoms with Gasteiger partial charge in [-0.1, -0.05) is 54.6 Å². The molecule has 0 aliphatic heterocycles. The molecular weight excluding hydrogens is 414 g/mol. The molecule has 0 saturated heterocycles. The van der Waals surface area contributed by atoms with Crippen molar-refractivity contribution in [3.05, 3.63) is 91.0 Å². The van der Waals surface area contributed by atoms with Gasteiger partial charge in [-0.2, -0.15) is 0 Å². The molecule has 3 rings (SSSR count). The van der Waals surface area contributed by atoms with E-state index in [0.717, 1.165) is 6.92 Å². The van der Waals surface area contributed by atoms with Crippen LogP contribution in [0.4, 0.5) is 0 Å². The third-order valence-electron chi connectivity index (χ3n) is 3.96. The zero-order valence-corrected chi connectivity index (χ0v) is 17.3. The van der Waals surface area contributed by atoms with E-state index >= 15 is 0 Å². The normalized spacial score (nSPS) is 15.6. The second-order valence-electron chi connectivity index (χ2n) is 6.20. The van der Waals surface area contributed by atoms with Gasteiger partial charge in [0.1, 0.15) is 5.75 Å². The minimum atomic E-state index is -4.97. The second-order valence-corrected chi connectivity index (χ2v) is 10.9. The van der Waals surface area contributed by atoms with Crippen molar-refractivity contribution in [3.63, 3.8) is 0 Å². The monoisotopic (exact) mass is 434 g/mol. The van der Waals surface area contributed by atoms with Crippen molar-refractivity contribution < 1.29 is 33.0 Å². The molecule has 0 aliphatic rings. The largest absolute Gasteiger partial charge is 0.614 e. The Morgan fingerprint density at radius 2 is 1.14 bits per heavy atom. The molecule has 2 unspecified atom stereocenters. The predicted octanol–water partition coefficient (Wildman–Crippen LogP) is 4.20. The zero-order chi connectivity index (χ0) is 21.0. The molecule has 2 N–H and O–H groups in total. The van der Waals surface area contributed by atoms with E-state index in [9.17, 15) is 19.5 Å². The van der Waals surface area contributed by atoms with Crippen LogP contribution in [-0.2, 0) is 4.57 Å². The van der Waals surface area contributed by atoms with Crippen LogP contribution >= 0.6 is 15.5 Å². The van der Waals surface area contributed by atoms with Gasteiger partial charge < -0.3 is 28.5 Å². The molecule has 0 heterocycles. The molecule has 0 radical (unpaired) electrons. The van der Waals surface area contributed by atoms with Crippen LogP contribution < -0.4 is 18.5 Å². The molecular formula is C20H20O7P2. The molecule has 0 aliphatic carbocycles. The smallest absolute Gasteiger partial charge is 0.453 e. The van der Waals surface area contributed by atoms with E-state index in [1.165, 1.54) is 36.4 Å². The van der Waals surface area contributed by atoms with E-state index in [2.05, 4.69) is 0 Å². The lowest BCUT2D eigenvalue weighted by atomic mass is 10.3. The van der Waals surface area contributed by atoms with Crippen LogP contribution in [0, 0.1) is 0 Å². The summed E-state index contributed by atoms with van der Waals surface area (Å²) >= 11 is 0. The Kier molecular flexibility index (Phi) is 6.27. The number of benzene rings is 3. The number of aliphatic hydroxyl groups is 1. The minimum Gasteiger partial charge on any atom is -0.614 e. The van der Waals surface area contributed by atoms with E-state index in [0.29, 0.717) is 0 Å². The summed E-state index contributed by atoms with van der Waals surface area (Å²) in [6, 6.07) is 23.6. The van der Waals surface area contributed by atoms with Gasteiger partial charge in [-0.25, -0.2) is 4.57 Å². The molecule has 0 fully saturated rings. The zero-order valence-electron chi connectivity index (χ0n) is 15.5. The van der Waals surface area contributed by atoms with E-state index in [4.69, 9.17) is 13.6 Å². The summed E-state index contributed by atoms with van der Waals surface area (Å²) in [4.78, 5) is 24.2. The average Bonchev–Trinajstić information content (AvgIpc) is 2.69. The summed E-state index contributed by atoms with van der Waals surface area (Å²) in [5.41, 5.74) is 0. The highest BCUT2D eigenvalue weighted by molar-refractivity contribution is 7.76. The summed E-state index contributed by atoms with van der Waals surface area (Å²) in [6.07, 6.45) is 0. The topological polar surface area (TPSA) is 108 Å². The first-order valence-electron chi connectivity index (χ1n) is 8.63. The van der Waals surface area contributed by atoms with Gasteiger partial charge in [0.05, 0.1) is 0 Å². The Morgan fingerprint density at radius 3 is 1.52 bits per heavy atom. The van der Waals surface area contributed by atoms with Crippen LogP contribution in [0.2, 0.25) is 0 Å². The standard InChI is InChI=1S/C20H20O7P2/c1-20(21,28(22,23)25-17-11-5-2-6-12-17)29(24,26-18-13-7-3-8-14-18)27-19-15-9-4-10-16-19/h2-16,21H,1H3,(H,22,23). The molecule has 2 atom stereocenters. The van der Waals surface area contributed by atoms with Crippen LogP contribution in [0.1, 0.15) is 6.92 Å². The maximum atomic E-state index is 13.7. The third-order valence-corrected chi connectivity index (χ3v) is 8.93. The van der Waals surface area contributed by atoms with E-state index in [1.54, 1.807) is 54.6 Å². The first kappa shape index (κ1) is 21.3. The van der Waals surface area contributed by atoms with E-state index in [-0.39, 0.29) is 17.2 Å². The van der Waals surface area contributed by atoms with Crippen molar-refractivity contribution in [3.8, 4) is 17.2 Å². The Morgan fingerprint density at radius 1 is 0.793 bits per heavy atom. The Bertz CT molecular complexity index is 924. The Labute approximate surface area is 169 Å². The van der Waals surface area contributed by atoms with Crippen LogP contribution in [0.3, 0.4) is 0 Å². The van der Waals surface area contributed by atoms with Gasteiger partial charge in [0, 0.05) is 6.92 Å². The van der Waals surface area contributed by atoms with Gasteiger partial charge in [-0.3, -0.25) is 0 Å². The highest BCUT2D eigenvalue weighted by Gasteiger charge is 2.68. The molecule has 0 amide bonds. The Hall–Kier alpha value is -2.40. The number of hydrogen-bond acceptors (Lipinski definition) is 6. The van der Waals surface area contributed by atoms with Crippen molar-refractivity contribution in [1.29, 1.82) is 0 Å². The maximum absolute atomic E-state index is 13.7. The molecule has 3 aromatic rings. The van der Waals surface area contributed by atoms with Gasteiger partial charge in [0.25, 0.3) is 0 Å². The van der Waals surface area contributed by atoms with Gasteiger partial charge in [0.2, 0.25) is 0 Å². The summed E-state index contributed by atoms with van der Waals surface area (Å²) in [5.74, 6) is 0.197. The molecule has 0 saturated carbocycles. The van der Waals surface area contributed by atoms with Crippen LogP contribution in [0.25, 0.3) is 0 Å². The maximum Gasteiger partial charge on any atom is 0.453 e. The molecule has 0 spiro atoms. The first-order chi connectivity index (χ1) is 13.7. The molecule has 3 aromatic carbocycles. The van der Waals surface area contributed by atoms with Crippen molar-refractivity contribution >= 4 is 15.5 Å². The fourth-order valence-corrected chi connectivity index (χ4v) is 5.66. The highest BCUT2D eigenvalue weighted by Crippen LogP contribution is 2.75. The molecule has 0 bridgehead atoms. The summed E-state index contributed by atoms with van der Waals surface area (Å²) in [5, 5.41) is 8.11. The van der Waals surface area contributed by atoms with E-state index < -0.39 is 20.6 Å². The summed E-state index contributed by atoms with van der Waals surface area (Å²) < 4.78 is 29.0.